The van der Waals surface area contributed by atoms with Gasteiger partial charge < -0.3 is 14.3 Å². The van der Waals surface area contributed by atoms with Crippen molar-refractivity contribution in [1.82, 2.24) is 0 Å². The Hall–Kier alpha value is -1.97. The van der Waals surface area contributed by atoms with Crippen molar-refractivity contribution in [2.75, 3.05) is 6.61 Å². The molecule has 0 radical (unpaired) electrons. The second kappa shape index (κ2) is 5.80. The molecule has 0 spiro atoms. The van der Waals surface area contributed by atoms with E-state index >= 15 is 0 Å². The first-order valence-electron chi connectivity index (χ1n) is 6.69. The third kappa shape index (κ3) is 3.04. The monoisotopic (exact) mass is 302 g/mol. The molecule has 1 unspecified atom stereocenters. The van der Waals surface area contributed by atoms with Crippen molar-refractivity contribution in [3.63, 3.8) is 0 Å². The van der Waals surface area contributed by atoms with Gasteiger partial charge in [0, 0.05) is 10.4 Å². The van der Waals surface area contributed by atoms with E-state index < -0.39 is 6.10 Å². The smallest absolute Gasteiger partial charge is 0.145 e. The number of rotatable bonds is 4. The van der Waals surface area contributed by atoms with Crippen LogP contribution in [0, 0.1) is 6.92 Å². The van der Waals surface area contributed by atoms with Gasteiger partial charge in [-0.1, -0.05) is 29.8 Å². The second-order valence-electron chi connectivity index (χ2n) is 4.92. The maximum absolute atomic E-state index is 10.2. The highest BCUT2D eigenvalue weighted by atomic mass is 35.5. The number of fused-ring (bicyclic) bond motifs is 1. The summed E-state index contributed by atoms with van der Waals surface area (Å²) >= 11 is 5.81. The molecule has 0 saturated heterocycles. The van der Waals surface area contributed by atoms with Crippen LogP contribution in [-0.4, -0.2) is 11.7 Å². The number of hydrogen-bond donors (Lipinski definition) is 1. The molecule has 3 aromatic rings. The Labute approximate surface area is 127 Å². The molecule has 0 amide bonds. The predicted molar refractivity (Wildman–Crippen MR) is 82.9 cm³/mol. The van der Waals surface area contributed by atoms with E-state index in [-0.39, 0.29) is 6.61 Å². The van der Waals surface area contributed by atoms with Crippen LogP contribution >= 0.6 is 11.6 Å². The van der Waals surface area contributed by atoms with Crippen LogP contribution in [0.25, 0.3) is 11.0 Å². The van der Waals surface area contributed by atoms with E-state index in [4.69, 9.17) is 20.8 Å². The Kier molecular flexibility index (Phi) is 3.86. The molecule has 3 nitrogen and oxygen atoms in total. The van der Waals surface area contributed by atoms with Crippen LogP contribution in [-0.2, 0) is 0 Å². The van der Waals surface area contributed by atoms with E-state index in [0.717, 1.165) is 16.5 Å². The van der Waals surface area contributed by atoms with Gasteiger partial charge in [-0.2, -0.15) is 0 Å². The van der Waals surface area contributed by atoms with Crippen LogP contribution < -0.4 is 4.74 Å². The highest BCUT2D eigenvalue weighted by Crippen LogP contribution is 2.27. The lowest BCUT2D eigenvalue weighted by atomic mass is 10.2. The summed E-state index contributed by atoms with van der Waals surface area (Å²) in [4.78, 5) is 0. The van der Waals surface area contributed by atoms with Crippen molar-refractivity contribution in [2.45, 2.75) is 13.0 Å². The summed E-state index contributed by atoms with van der Waals surface area (Å²) in [6.45, 7) is 2.10. The quantitative estimate of drug-likeness (QED) is 0.771. The summed E-state index contributed by atoms with van der Waals surface area (Å²) in [7, 11) is 0. The third-order valence-corrected chi connectivity index (χ3v) is 3.56. The molecular formula is C17H15ClO3. The molecule has 0 aliphatic heterocycles. The van der Waals surface area contributed by atoms with Gasteiger partial charge in [0.25, 0.3) is 0 Å². The molecule has 1 N–H and O–H groups in total. The molecule has 0 aliphatic rings. The molecule has 4 heteroatoms. The summed E-state index contributed by atoms with van der Waals surface area (Å²) in [5.41, 5.74) is 1.85. The van der Waals surface area contributed by atoms with Crippen LogP contribution in [0.2, 0.25) is 5.02 Å². The second-order valence-corrected chi connectivity index (χ2v) is 5.36. The van der Waals surface area contributed by atoms with Gasteiger partial charge in [-0.05, 0) is 42.8 Å². The summed E-state index contributed by atoms with van der Waals surface area (Å²) in [6, 6.07) is 14.8. The molecule has 21 heavy (non-hydrogen) atoms. The lowest BCUT2D eigenvalue weighted by molar-refractivity contribution is 0.0903. The van der Waals surface area contributed by atoms with E-state index in [0.29, 0.717) is 16.5 Å². The van der Waals surface area contributed by atoms with Gasteiger partial charge in [0.1, 0.15) is 29.8 Å². The number of aryl methyl sites for hydroxylation is 1. The van der Waals surface area contributed by atoms with Crippen LogP contribution in [0.15, 0.2) is 52.9 Å². The highest BCUT2D eigenvalue weighted by molar-refractivity contribution is 6.30. The van der Waals surface area contributed by atoms with Crippen molar-refractivity contribution >= 4 is 22.6 Å². The minimum absolute atomic E-state index is 0.125. The number of ether oxygens (including phenoxy) is 1. The minimum Gasteiger partial charge on any atom is -0.490 e. The summed E-state index contributed by atoms with van der Waals surface area (Å²) in [6.07, 6.45) is -0.813. The zero-order valence-corrected chi connectivity index (χ0v) is 12.3. The number of halogens is 1. The third-order valence-electron chi connectivity index (χ3n) is 3.31. The lowest BCUT2D eigenvalue weighted by Crippen LogP contribution is -2.08. The predicted octanol–water partition coefficient (Wildman–Crippen LogP) is 4.51. The van der Waals surface area contributed by atoms with Crippen molar-refractivity contribution < 1.29 is 14.3 Å². The van der Waals surface area contributed by atoms with E-state index in [1.54, 1.807) is 24.3 Å². The molecule has 0 saturated carbocycles. The van der Waals surface area contributed by atoms with Crippen molar-refractivity contribution in [1.29, 1.82) is 0 Å². The number of aliphatic hydroxyl groups excluding tert-OH is 1. The maximum atomic E-state index is 10.2. The SMILES string of the molecule is Cc1cccc2cc(C(O)COc3ccc(Cl)cc3)oc12. The van der Waals surface area contributed by atoms with E-state index in [9.17, 15) is 5.11 Å². The van der Waals surface area contributed by atoms with Crippen LogP contribution in [0.1, 0.15) is 17.4 Å². The topological polar surface area (TPSA) is 42.6 Å². The van der Waals surface area contributed by atoms with Crippen molar-refractivity contribution in [3.05, 3.63) is 64.9 Å². The van der Waals surface area contributed by atoms with Gasteiger partial charge in [0.2, 0.25) is 0 Å². The maximum Gasteiger partial charge on any atom is 0.145 e. The normalized spacial score (nSPS) is 12.5. The number of para-hydroxylation sites is 1. The molecule has 1 atom stereocenters. The molecule has 0 aliphatic carbocycles. The lowest BCUT2D eigenvalue weighted by Gasteiger charge is -2.10. The van der Waals surface area contributed by atoms with E-state index in [1.807, 2.05) is 31.2 Å². The minimum atomic E-state index is -0.813. The van der Waals surface area contributed by atoms with Gasteiger partial charge in [-0.15, -0.1) is 0 Å². The number of benzene rings is 2. The van der Waals surface area contributed by atoms with Crippen molar-refractivity contribution in [2.24, 2.45) is 0 Å². The van der Waals surface area contributed by atoms with Crippen LogP contribution in [0.5, 0.6) is 5.75 Å². The Morgan fingerprint density at radius 2 is 1.95 bits per heavy atom. The van der Waals surface area contributed by atoms with E-state index in [2.05, 4.69) is 0 Å². The summed E-state index contributed by atoms with van der Waals surface area (Å²) in [5.74, 6) is 1.17. The molecular weight excluding hydrogens is 288 g/mol. The number of furan rings is 1. The summed E-state index contributed by atoms with van der Waals surface area (Å²) < 4.78 is 11.3. The number of aliphatic hydroxyl groups is 1. The molecule has 2 aromatic carbocycles. The fraction of sp³-hybridized carbons (Fsp3) is 0.176. The largest absolute Gasteiger partial charge is 0.490 e. The molecule has 0 bridgehead atoms. The van der Waals surface area contributed by atoms with Crippen LogP contribution in [0.3, 0.4) is 0 Å². The average molecular weight is 303 g/mol. The first-order chi connectivity index (χ1) is 10.1. The molecule has 1 aromatic heterocycles. The first kappa shape index (κ1) is 14.0. The molecule has 108 valence electrons. The zero-order chi connectivity index (χ0) is 14.8. The summed E-state index contributed by atoms with van der Waals surface area (Å²) in [5, 5.41) is 11.8. The zero-order valence-electron chi connectivity index (χ0n) is 11.5. The standard InChI is InChI=1S/C17H15ClO3/c1-11-3-2-4-12-9-16(21-17(11)12)15(19)10-20-14-7-5-13(18)6-8-14/h2-9,15,19H,10H2,1H3. The molecule has 1 heterocycles. The van der Waals surface area contributed by atoms with Gasteiger partial charge in [-0.25, -0.2) is 0 Å². The van der Waals surface area contributed by atoms with Gasteiger partial charge in [0.15, 0.2) is 0 Å². The number of hydrogen-bond acceptors (Lipinski definition) is 3. The Morgan fingerprint density at radius 1 is 1.19 bits per heavy atom. The molecule has 3 rings (SSSR count). The van der Waals surface area contributed by atoms with Crippen molar-refractivity contribution in [3.8, 4) is 5.75 Å². The van der Waals surface area contributed by atoms with Gasteiger partial charge in [0.05, 0.1) is 0 Å². The van der Waals surface area contributed by atoms with Gasteiger partial charge in [-0.3, -0.25) is 0 Å². The average Bonchev–Trinajstić information content (AvgIpc) is 2.92. The highest BCUT2D eigenvalue weighted by Gasteiger charge is 2.15. The Morgan fingerprint density at radius 3 is 2.67 bits per heavy atom. The van der Waals surface area contributed by atoms with Gasteiger partial charge >= 0.3 is 0 Å². The Balaban J connectivity index is 1.73. The molecule has 0 fully saturated rings. The van der Waals surface area contributed by atoms with Crippen LogP contribution in [0.4, 0.5) is 0 Å². The Bertz CT molecular complexity index is 746. The van der Waals surface area contributed by atoms with E-state index in [1.165, 1.54) is 0 Å². The fourth-order valence-electron chi connectivity index (χ4n) is 2.18. The first-order valence-corrected chi connectivity index (χ1v) is 7.07. The fourth-order valence-corrected chi connectivity index (χ4v) is 2.31.